The van der Waals surface area contributed by atoms with E-state index >= 15 is 0 Å². The fourth-order valence-electron chi connectivity index (χ4n) is 1.40. The second-order valence-corrected chi connectivity index (χ2v) is 6.33. The first-order chi connectivity index (χ1) is 14.6. The highest BCUT2D eigenvalue weighted by Crippen LogP contribution is 2.56. The number of rotatable bonds is 11. The van der Waals surface area contributed by atoms with Crippen molar-refractivity contribution < 1.29 is 102 Å². The molecule has 3 nitrogen and oxygen atoms in total. The molecule has 0 saturated heterocycles. The van der Waals surface area contributed by atoms with E-state index in [1.54, 1.807) is 0 Å². The van der Waals surface area contributed by atoms with Crippen molar-refractivity contribution in [3.05, 3.63) is 0 Å². The van der Waals surface area contributed by atoms with E-state index in [0.717, 1.165) is 0 Å². The van der Waals surface area contributed by atoms with E-state index in [1.807, 2.05) is 0 Å². The minimum atomic E-state index is -8.07. The maximum atomic E-state index is 13.4. The summed E-state index contributed by atoms with van der Waals surface area (Å²) < 4.78 is 262. The van der Waals surface area contributed by atoms with E-state index in [0.29, 0.717) is 0 Å². The topological polar surface area (TPSA) is 27.7 Å². The van der Waals surface area contributed by atoms with Crippen LogP contribution >= 0.6 is 0 Å². The van der Waals surface area contributed by atoms with Gasteiger partial charge in [-0.15, -0.1) is 0 Å². The van der Waals surface area contributed by atoms with E-state index < -0.39 is 74.2 Å². The molecule has 0 aliphatic heterocycles. The van der Waals surface area contributed by atoms with Crippen molar-refractivity contribution in [2.75, 3.05) is 0 Å². The molecule has 0 fully saturated rings. The molecule has 0 bridgehead atoms. The lowest BCUT2D eigenvalue weighted by Crippen LogP contribution is -2.65. The highest BCUT2D eigenvalue weighted by molar-refractivity contribution is 4.93. The van der Waals surface area contributed by atoms with Gasteiger partial charge in [-0.05, 0) is 0 Å². The van der Waals surface area contributed by atoms with Crippen LogP contribution in [0.3, 0.4) is 0 Å². The van der Waals surface area contributed by atoms with Crippen molar-refractivity contribution in [2.24, 2.45) is 0 Å². The summed E-state index contributed by atoms with van der Waals surface area (Å²) in [6, 6.07) is 0. The van der Waals surface area contributed by atoms with Crippen molar-refractivity contribution in [2.45, 2.75) is 74.2 Å². The molecule has 0 aliphatic rings. The average molecular weight is 578 g/mol. The third kappa shape index (κ3) is 6.07. The first kappa shape index (κ1) is 33.5. The summed E-state index contributed by atoms with van der Waals surface area (Å²) >= 11 is 0. The molecule has 212 valence electrons. The summed E-state index contributed by atoms with van der Waals surface area (Å²) in [4.78, 5) is 0. The van der Waals surface area contributed by atoms with E-state index in [2.05, 4.69) is 0 Å². The molecule has 0 rings (SSSR count). The number of alkyl halides is 20. The Bertz CT molecular complexity index is 730. The zero-order valence-electron chi connectivity index (χ0n) is 15.8. The molecular formula is C12H6F20O3. The lowest BCUT2D eigenvalue weighted by atomic mass is 10.1. The molecule has 1 unspecified atom stereocenters. The predicted octanol–water partition coefficient (Wildman–Crippen LogP) is 7.17. The van der Waals surface area contributed by atoms with Gasteiger partial charge < -0.3 is 0 Å². The van der Waals surface area contributed by atoms with Gasteiger partial charge in [0.05, 0.1) is 0 Å². The fourth-order valence-corrected chi connectivity index (χ4v) is 1.40. The van der Waals surface area contributed by atoms with Crippen LogP contribution in [0.25, 0.3) is 0 Å². The predicted molar refractivity (Wildman–Crippen MR) is 64.1 cm³/mol. The molecule has 0 radical (unpaired) electrons. The maximum absolute atomic E-state index is 13.4. The van der Waals surface area contributed by atoms with Gasteiger partial charge >= 0.3 is 60.3 Å². The van der Waals surface area contributed by atoms with Gasteiger partial charge in [0.2, 0.25) is 0 Å². The highest BCUT2D eigenvalue weighted by atomic mass is 19.4. The maximum Gasteiger partial charge on any atom is 0.455 e. The molecule has 0 amide bonds. The lowest BCUT2D eigenvalue weighted by molar-refractivity contribution is -0.563. The van der Waals surface area contributed by atoms with Crippen LogP contribution in [-0.4, -0.2) is 60.3 Å². The highest BCUT2D eigenvalue weighted by Gasteiger charge is 2.83. The summed E-state index contributed by atoms with van der Waals surface area (Å²) in [6.45, 7) is -2.25. The summed E-state index contributed by atoms with van der Waals surface area (Å²) in [5, 5.41) is 0. The molecule has 1 atom stereocenters. The van der Waals surface area contributed by atoms with E-state index in [-0.39, 0.29) is 0 Å². The van der Waals surface area contributed by atoms with Crippen molar-refractivity contribution in [1.82, 2.24) is 0 Å². The van der Waals surface area contributed by atoms with E-state index in [4.69, 9.17) is 0 Å². The van der Waals surface area contributed by atoms with Gasteiger partial charge in [0, 0.05) is 13.8 Å². The van der Waals surface area contributed by atoms with Gasteiger partial charge in [-0.1, -0.05) is 0 Å². The first-order valence-electron chi connectivity index (χ1n) is 7.50. The summed E-state index contributed by atoms with van der Waals surface area (Å²) in [5.41, 5.74) is 0. The zero-order chi connectivity index (χ0) is 29.1. The molecule has 0 aromatic heterocycles. The molecule has 0 saturated carbocycles. The molecule has 0 heterocycles. The van der Waals surface area contributed by atoms with Gasteiger partial charge in [0.1, 0.15) is 0 Å². The molecule has 23 heteroatoms. The summed E-state index contributed by atoms with van der Waals surface area (Å²) in [7, 11) is 0. The molecule has 0 spiro atoms. The Labute approximate surface area is 177 Å². The average Bonchev–Trinajstić information content (AvgIpc) is 2.48. The molecule has 0 aliphatic carbocycles. The van der Waals surface area contributed by atoms with Gasteiger partial charge in [0.25, 0.3) is 0 Å². The number of hydrogen-bond acceptors (Lipinski definition) is 3. The third-order valence-corrected chi connectivity index (χ3v) is 3.29. The van der Waals surface area contributed by atoms with Gasteiger partial charge in [-0.2, -0.15) is 79.0 Å². The minimum absolute atomic E-state index is 1.02. The van der Waals surface area contributed by atoms with Gasteiger partial charge in [0.15, 0.2) is 0 Å². The Balaban J connectivity index is 6.31. The fraction of sp³-hybridized carbons (Fsp3) is 1.00. The van der Waals surface area contributed by atoms with Crippen LogP contribution in [0, 0.1) is 0 Å². The zero-order valence-corrected chi connectivity index (χ0v) is 15.8. The quantitative estimate of drug-likeness (QED) is 0.244. The van der Waals surface area contributed by atoms with Crippen LogP contribution in [0.4, 0.5) is 87.8 Å². The van der Waals surface area contributed by atoms with Crippen LogP contribution in [-0.2, 0) is 14.2 Å². The normalized spacial score (nSPS) is 18.0. The Morgan fingerprint density at radius 3 is 0.886 bits per heavy atom. The van der Waals surface area contributed by atoms with E-state index in [9.17, 15) is 87.8 Å². The molecular weight excluding hydrogens is 572 g/mol. The van der Waals surface area contributed by atoms with Crippen molar-refractivity contribution >= 4 is 0 Å². The lowest BCUT2D eigenvalue weighted by Gasteiger charge is -2.39. The second-order valence-electron chi connectivity index (χ2n) is 6.33. The Morgan fingerprint density at radius 2 is 0.629 bits per heavy atom. The van der Waals surface area contributed by atoms with Crippen LogP contribution in [0.15, 0.2) is 0 Å². The number of halogens is 20. The van der Waals surface area contributed by atoms with Crippen LogP contribution in [0.5, 0.6) is 0 Å². The van der Waals surface area contributed by atoms with Crippen molar-refractivity contribution in [3.8, 4) is 0 Å². The Hall–Kier alpha value is -1.52. The van der Waals surface area contributed by atoms with Crippen LogP contribution in [0.2, 0.25) is 0 Å². The largest absolute Gasteiger partial charge is 0.455 e. The van der Waals surface area contributed by atoms with Gasteiger partial charge in [-0.3, -0.25) is 4.74 Å². The minimum Gasteiger partial charge on any atom is -0.263 e. The van der Waals surface area contributed by atoms with Crippen LogP contribution < -0.4 is 0 Å². The van der Waals surface area contributed by atoms with Crippen molar-refractivity contribution in [1.29, 1.82) is 0 Å². The Kier molecular flexibility index (Phi) is 8.15. The molecule has 0 aromatic carbocycles. The number of ether oxygens (including phenoxy) is 3. The monoisotopic (exact) mass is 578 g/mol. The second kappa shape index (κ2) is 8.52. The molecule has 0 aromatic rings. The standard InChI is InChI=1S/C12H6F20O3/c1-3(13,14)6(19,7(20,21)22)33-11(29,30)12(31,32)35-10(27,28)5(17,18)9(25,26)34-8(23,24)4(2,15)16/h1-2H3. The van der Waals surface area contributed by atoms with Gasteiger partial charge in [-0.25, -0.2) is 18.3 Å². The summed E-state index contributed by atoms with van der Waals surface area (Å²) in [6.07, 6.45) is -45.5. The number of hydrogen-bond donors (Lipinski definition) is 0. The Morgan fingerprint density at radius 1 is 0.343 bits per heavy atom. The smallest absolute Gasteiger partial charge is 0.263 e. The SMILES string of the molecule is CC(F)(F)C(F)(F)OC(F)(F)C(F)(F)C(F)(F)OC(F)(F)C(F)(F)OC(F)(C(C)(F)F)C(F)(F)F. The molecule has 35 heavy (non-hydrogen) atoms. The molecule has 0 N–H and O–H groups in total. The first-order valence-corrected chi connectivity index (χ1v) is 7.50. The third-order valence-electron chi connectivity index (χ3n) is 3.29. The summed E-state index contributed by atoms with van der Waals surface area (Å²) in [5.74, 6) is -27.4. The van der Waals surface area contributed by atoms with Crippen LogP contribution in [0.1, 0.15) is 13.8 Å². The van der Waals surface area contributed by atoms with E-state index in [1.165, 1.54) is 14.2 Å². The van der Waals surface area contributed by atoms with Crippen molar-refractivity contribution in [3.63, 3.8) is 0 Å².